The summed E-state index contributed by atoms with van der Waals surface area (Å²) in [7, 11) is 0. The van der Waals surface area contributed by atoms with E-state index in [1.54, 1.807) is 11.3 Å². The van der Waals surface area contributed by atoms with E-state index in [4.69, 9.17) is 4.98 Å². The summed E-state index contributed by atoms with van der Waals surface area (Å²) in [4.78, 5) is 19.1. The molecule has 0 aliphatic heterocycles. The monoisotopic (exact) mass is 442 g/mol. The Balaban J connectivity index is 1.72. The molecule has 3 nitrogen and oxygen atoms in total. The van der Waals surface area contributed by atoms with E-state index in [2.05, 4.69) is 35.1 Å². The van der Waals surface area contributed by atoms with Gasteiger partial charge in [0.1, 0.15) is 0 Å². The van der Waals surface area contributed by atoms with E-state index in [1.165, 1.54) is 12.8 Å². The van der Waals surface area contributed by atoms with E-state index in [0.717, 1.165) is 31.7 Å². The van der Waals surface area contributed by atoms with Crippen LogP contribution in [0.5, 0.6) is 0 Å². The molecule has 2 aromatic heterocycles. The number of hydrogen-bond donors (Lipinski definition) is 1. The number of pyridine rings is 1. The van der Waals surface area contributed by atoms with Crippen LogP contribution in [0.25, 0.3) is 21.5 Å². The fourth-order valence-corrected chi connectivity index (χ4v) is 5.32. The van der Waals surface area contributed by atoms with Gasteiger partial charge in [-0.3, -0.25) is 4.79 Å². The summed E-state index contributed by atoms with van der Waals surface area (Å²) in [6.07, 6.45) is 3.50. The number of nitrogens with one attached hydrogen (secondary N) is 1. The van der Waals surface area contributed by atoms with E-state index in [9.17, 15) is 4.79 Å². The van der Waals surface area contributed by atoms with E-state index >= 15 is 0 Å². The van der Waals surface area contributed by atoms with Gasteiger partial charge in [-0.25, -0.2) is 4.98 Å². The van der Waals surface area contributed by atoms with Crippen molar-refractivity contribution in [3.8, 4) is 10.6 Å². The van der Waals surface area contributed by atoms with Crippen LogP contribution in [0.1, 0.15) is 43.5 Å². The molecule has 0 unspecified atom stereocenters. The van der Waals surface area contributed by atoms with E-state index in [-0.39, 0.29) is 11.9 Å². The number of para-hydroxylation sites is 1. The number of halogens is 1. The first-order valence-electron chi connectivity index (χ1n) is 9.49. The fourth-order valence-electron chi connectivity index (χ4n) is 3.97. The van der Waals surface area contributed by atoms with Gasteiger partial charge in [0.2, 0.25) is 0 Å². The molecule has 0 radical (unpaired) electrons. The minimum absolute atomic E-state index is 0.0106. The highest BCUT2D eigenvalue weighted by Gasteiger charge is 2.29. The van der Waals surface area contributed by atoms with Gasteiger partial charge in [0, 0.05) is 11.4 Å². The van der Waals surface area contributed by atoms with Crippen LogP contribution in [0.3, 0.4) is 0 Å². The summed E-state index contributed by atoms with van der Waals surface area (Å²) in [5.41, 5.74) is 2.42. The van der Waals surface area contributed by atoms with Gasteiger partial charge in [-0.2, -0.15) is 0 Å². The quantitative estimate of drug-likeness (QED) is 0.518. The van der Waals surface area contributed by atoms with E-state index in [0.29, 0.717) is 17.4 Å². The van der Waals surface area contributed by atoms with Gasteiger partial charge in [-0.05, 0) is 58.5 Å². The molecular weight excluding hydrogens is 420 g/mol. The first-order chi connectivity index (χ1) is 13.0. The average Bonchev–Trinajstić information content (AvgIpc) is 3.11. The van der Waals surface area contributed by atoms with E-state index < -0.39 is 0 Å². The Morgan fingerprint density at radius 2 is 2.00 bits per heavy atom. The summed E-state index contributed by atoms with van der Waals surface area (Å²) in [6.45, 7) is 4.55. The molecule has 4 rings (SSSR count). The molecule has 1 amide bonds. The number of hydrogen-bond acceptors (Lipinski definition) is 3. The van der Waals surface area contributed by atoms with Crippen molar-refractivity contribution >= 4 is 44.1 Å². The van der Waals surface area contributed by atoms with Crippen molar-refractivity contribution in [1.29, 1.82) is 0 Å². The zero-order chi connectivity index (χ0) is 19.0. The van der Waals surface area contributed by atoms with Crippen LogP contribution in [0, 0.1) is 11.8 Å². The van der Waals surface area contributed by atoms with Crippen molar-refractivity contribution in [2.45, 2.75) is 39.2 Å². The molecule has 1 saturated carbocycles. The minimum atomic E-state index is 0.0106. The predicted molar refractivity (Wildman–Crippen MR) is 116 cm³/mol. The molecular formula is C22H23BrN2OS. The molecule has 1 N–H and O–H groups in total. The van der Waals surface area contributed by atoms with Crippen LogP contribution >= 0.6 is 27.3 Å². The number of benzene rings is 1. The van der Waals surface area contributed by atoms with Crippen molar-refractivity contribution in [1.82, 2.24) is 10.3 Å². The summed E-state index contributed by atoms with van der Waals surface area (Å²) in [6, 6.07) is 14.1. The second kappa shape index (κ2) is 7.72. The molecule has 3 atom stereocenters. The van der Waals surface area contributed by atoms with Gasteiger partial charge in [0.15, 0.2) is 0 Å². The van der Waals surface area contributed by atoms with Gasteiger partial charge in [0.25, 0.3) is 5.91 Å². The number of carbonyl (C=O) groups is 1. The van der Waals surface area contributed by atoms with Crippen molar-refractivity contribution < 1.29 is 4.79 Å². The highest BCUT2D eigenvalue weighted by molar-refractivity contribution is 9.11. The Hall–Kier alpha value is -1.72. The topological polar surface area (TPSA) is 42.0 Å². The Morgan fingerprint density at radius 3 is 2.78 bits per heavy atom. The zero-order valence-corrected chi connectivity index (χ0v) is 17.9. The molecule has 3 aromatic rings. The minimum Gasteiger partial charge on any atom is -0.349 e. The molecule has 1 aromatic carbocycles. The molecule has 1 fully saturated rings. The standard InChI is InChI=1S/C22H23BrN2OS/c1-13-6-5-9-17(14(13)2)25-22(26)16-12-19(20-10-11-21(23)27-20)24-18-8-4-3-7-15(16)18/h3-4,7-8,10-14,17H,5-6,9H2,1-2H3,(H,25,26)/t13-,14-,17+/m1/s1. The van der Waals surface area contributed by atoms with Gasteiger partial charge in [0.05, 0.1) is 25.4 Å². The van der Waals surface area contributed by atoms with Gasteiger partial charge in [-0.15, -0.1) is 11.3 Å². The molecule has 0 saturated heterocycles. The zero-order valence-electron chi connectivity index (χ0n) is 15.5. The largest absolute Gasteiger partial charge is 0.349 e. The number of fused-ring (bicyclic) bond motifs is 1. The van der Waals surface area contributed by atoms with Gasteiger partial charge < -0.3 is 5.32 Å². The summed E-state index contributed by atoms with van der Waals surface area (Å²) in [5, 5.41) is 4.23. The summed E-state index contributed by atoms with van der Waals surface area (Å²) >= 11 is 5.14. The van der Waals surface area contributed by atoms with Crippen molar-refractivity contribution in [2.75, 3.05) is 0 Å². The highest BCUT2D eigenvalue weighted by atomic mass is 79.9. The first kappa shape index (κ1) is 18.6. The third-order valence-electron chi connectivity index (χ3n) is 5.81. The smallest absolute Gasteiger partial charge is 0.252 e. The van der Waals surface area contributed by atoms with Crippen LogP contribution < -0.4 is 5.32 Å². The van der Waals surface area contributed by atoms with Crippen LogP contribution in [-0.4, -0.2) is 16.9 Å². The molecule has 0 spiro atoms. The predicted octanol–water partition coefficient (Wildman–Crippen LogP) is 6.28. The Bertz CT molecular complexity index is 983. The second-order valence-electron chi connectivity index (χ2n) is 7.52. The maximum Gasteiger partial charge on any atom is 0.252 e. The highest BCUT2D eigenvalue weighted by Crippen LogP contribution is 2.33. The lowest BCUT2D eigenvalue weighted by atomic mass is 9.78. The lowest BCUT2D eigenvalue weighted by Crippen LogP contribution is -2.43. The maximum absolute atomic E-state index is 13.2. The third kappa shape index (κ3) is 3.81. The van der Waals surface area contributed by atoms with Gasteiger partial charge >= 0.3 is 0 Å². The lowest BCUT2D eigenvalue weighted by Gasteiger charge is -2.34. The maximum atomic E-state index is 13.2. The Kier molecular flexibility index (Phi) is 5.33. The normalized spacial score (nSPS) is 22.7. The number of thiophene rings is 1. The van der Waals surface area contributed by atoms with Gasteiger partial charge in [-0.1, -0.05) is 44.9 Å². The molecule has 5 heteroatoms. The number of amides is 1. The van der Waals surface area contributed by atoms with Crippen LogP contribution in [0.2, 0.25) is 0 Å². The number of aromatic nitrogens is 1. The van der Waals surface area contributed by atoms with Crippen LogP contribution in [-0.2, 0) is 0 Å². The SMILES string of the molecule is C[C@@H]1[C@H](C)CCC[C@@H]1NC(=O)c1cc(-c2ccc(Br)s2)nc2ccccc12. The number of nitrogens with zero attached hydrogens (tertiary/aromatic N) is 1. The number of carbonyl (C=O) groups excluding carboxylic acids is 1. The van der Waals surface area contributed by atoms with Crippen molar-refractivity contribution in [2.24, 2.45) is 11.8 Å². The average molecular weight is 443 g/mol. The van der Waals surface area contributed by atoms with Crippen LogP contribution in [0.4, 0.5) is 0 Å². The summed E-state index contributed by atoms with van der Waals surface area (Å²) < 4.78 is 1.06. The number of rotatable bonds is 3. The van der Waals surface area contributed by atoms with Crippen molar-refractivity contribution in [3.05, 3.63) is 51.8 Å². The summed E-state index contributed by atoms with van der Waals surface area (Å²) in [5.74, 6) is 1.16. The second-order valence-corrected chi connectivity index (χ2v) is 9.99. The Labute approximate surface area is 172 Å². The molecule has 0 bridgehead atoms. The fraction of sp³-hybridized carbons (Fsp3) is 0.364. The molecule has 140 valence electrons. The molecule has 1 aliphatic carbocycles. The molecule has 27 heavy (non-hydrogen) atoms. The van der Waals surface area contributed by atoms with E-state index in [1.807, 2.05) is 42.5 Å². The Morgan fingerprint density at radius 1 is 1.19 bits per heavy atom. The lowest BCUT2D eigenvalue weighted by molar-refractivity contribution is 0.0892. The van der Waals surface area contributed by atoms with Crippen LogP contribution in [0.15, 0.2) is 46.3 Å². The molecule has 1 aliphatic rings. The molecule has 2 heterocycles. The van der Waals surface area contributed by atoms with Crippen molar-refractivity contribution in [3.63, 3.8) is 0 Å². The first-order valence-corrected chi connectivity index (χ1v) is 11.1. The third-order valence-corrected chi connectivity index (χ3v) is 7.46.